The number of rotatable bonds is 4. The lowest BCUT2D eigenvalue weighted by Gasteiger charge is -2.34. The van der Waals surface area contributed by atoms with Crippen LogP contribution in [0.25, 0.3) is 0 Å². The molecule has 1 aliphatic carbocycles. The average Bonchev–Trinajstić information content (AvgIpc) is 3.16. The Balaban J connectivity index is 1.47. The van der Waals surface area contributed by atoms with Crippen LogP contribution in [0.4, 0.5) is 10.5 Å². The highest BCUT2D eigenvalue weighted by atomic mass is 16.5. The molecule has 6 nitrogen and oxygen atoms in total. The summed E-state index contributed by atoms with van der Waals surface area (Å²) in [5.74, 6) is 1.01. The summed E-state index contributed by atoms with van der Waals surface area (Å²) in [4.78, 5) is 27.6. The lowest BCUT2D eigenvalue weighted by atomic mass is 10.2. The monoisotopic (exact) mass is 345 g/mol. The van der Waals surface area contributed by atoms with Crippen LogP contribution in [0.2, 0.25) is 0 Å². The van der Waals surface area contributed by atoms with Crippen molar-refractivity contribution >= 4 is 17.6 Å². The van der Waals surface area contributed by atoms with Gasteiger partial charge in [-0.3, -0.25) is 4.79 Å². The van der Waals surface area contributed by atoms with Crippen LogP contribution in [0, 0.1) is 0 Å². The number of nitrogens with one attached hydrogen (secondary N) is 1. The van der Waals surface area contributed by atoms with E-state index >= 15 is 0 Å². The molecule has 3 rings (SSSR count). The van der Waals surface area contributed by atoms with Gasteiger partial charge in [0.05, 0.1) is 6.10 Å². The fraction of sp³-hybridized carbons (Fsp3) is 0.579. The summed E-state index contributed by atoms with van der Waals surface area (Å²) in [5, 5.41) is 2.92. The SMILES string of the molecule is CCC(=O)N1CCN(C(=O)Nc2ccc(OC3CCCC3)cc2)CC1. The number of nitrogens with zero attached hydrogens (tertiary/aromatic N) is 2. The number of ether oxygens (including phenoxy) is 1. The molecule has 1 aliphatic heterocycles. The number of carbonyl (C=O) groups excluding carboxylic acids is 2. The zero-order valence-corrected chi connectivity index (χ0v) is 14.9. The first kappa shape index (κ1) is 17.6. The van der Waals surface area contributed by atoms with E-state index in [1.54, 1.807) is 4.90 Å². The van der Waals surface area contributed by atoms with E-state index in [-0.39, 0.29) is 11.9 Å². The second-order valence-electron chi connectivity index (χ2n) is 6.70. The summed E-state index contributed by atoms with van der Waals surface area (Å²) < 4.78 is 5.94. The lowest BCUT2D eigenvalue weighted by Crippen LogP contribution is -2.51. The lowest BCUT2D eigenvalue weighted by molar-refractivity contribution is -0.132. The molecular weight excluding hydrogens is 318 g/mol. The van der Waals surface area contributed by atoms with Gasteiger partial charge in [-0.05, 0) is 49.9 Å². The van der Waals surface area contributed by atoms with Crippen molar-refractivity contribution in [2.75, 3.05) is 31.5 Å². The molecule has 1 aromatic carbocycles. The van der Waals surface area contributed by atoms with Gasteiger partial charge in [0.2, 0.25) is 5.91 Å². The molecule has 1 N–H and O–H groups in total. The number of hydrogen-bond donors (Lipinski definition) is 1. The van der Waals surface area contributed by atoms with E-state index in [1.807, 2.05) is 36.1 Å². The molecule has 3 amide bonds. The Morgan fingerprint density at radius 3 is 2.24 bits per heavy atom. The Morgan fingerprint density at radius 1 is 1.04 bits per heavy atom. The molecule has 6 heteroatoms. The van der Waals surface area contributed by atoms with Gasteiger partial charge in [0, 0.05) is 38.3 Å². The molecule has 0 aromatic heterocycles. The minimum atomic E-state index is -0.118. The summed E-state index contributed by atoms with van der Waals surface area (Å²) >= 11 is 0. The van der Waals surface area contributed by atoms with Crippen molar-refractivity contribution in [2.45, 2.75) is 45.1 Å². The van der Waals surface area contributed by atoms with Gasteiger partial charge >= 0.3 is 6.03 Å². The van der Waals surface area contributed by atoms with Gasteiger partial charge in [-0.25, -0.2) is 4.79 Å². The van der Waals surface area contributed by atoms with Crippen LogP contribution in [0.15, 0.2) is 24.3 Å². The van der Waals surface area contributed by atoms with Gasteiger partial charge in [0.25, 0.3) is 0 Å². The van der Waals surface area contributed by atoms with Gasteiger partial charge in [-0.15, -0.1) is 0 Å². The minimum absolute atomic E-state index is 0.118. The molecule has 1 saturated heterocycles. The molecule has 1 heterocycles. The smallest absolute Gasteiger partial charge is 0.321 e. The van der Waals surface area contributed by atoms with E-state index in [4.69, 9.17) is 4.74 Å². The number of benzene rings is 1. The van der Waals surface area contributed by atoms with Crippen LogP contribution < -0.4 is 10.1 Å². The molecule has 0 radical (unpaired) electrons. The van der Waals surface area contributed by atoms with Gasteiger partial charge in [-0.2, -0.15) is 0 Å². The minimum Gasteiger partial charge on any atom is -0.490 e. The molecule has 0 bridgehead atoms. The zero-order valence-electron chi connectivity index (χ0n) is 14.9. The van der Waals surface area contributed by atoms with Crippen LogP contribution in [-0.4, -0.2) is 54.0 Å². The van der Waals surface area contributed by atoms with Gasteiger partial charge in [0.15, 0.2) is 0 Å². The molecule has 136 valence electrons. The molecule has 0 atom stereocenters. The zero-order chi connectivity index (χ0) is 17.6. The number of hydrogen-bond acceptors (Lipinski definition) is 3. The second kappa shape index (κ2) is 8.23. The van der Waals surface area contributed by atoms with Crippen molar-refractivity contribution in [3.05, 3.63) is 24.3 Å². The van der Waals surface area contributed by atoms with Crippen molar-refractivity contribution in [3.8, 4) is 5.75 Å². The summed E-state index contributed by atoms with van der Waals surface area (Å²) in [6.07, 6.45) is 5.60. The summed E-state index contributed by atoms with van der Waals surface area (Å²) in [5.41, 5.74) is 0.760. The Morgan fingerprint density at radius 2 is 1.64 bits per heavy atom. The summed E-state index contributed by atoms with van der Waals surface area (Å²) in [6.45, 7) is 4.21. The fourth-order valence-electron chi connectivity index (χ4n) is 3.40. The van der Waals surface area contributed by atoms with E-state index in [1.165, 1.54) is 12.8 Å². The topological polar surface area (TPSA) is 61.9 Å². The summed E-state index contributed by atoms with van der Waals surface area (Å²) in [6, 6.07) is 7.45. The van der Waals surface area contributed by atoms with Crippen LogP contribution in [-0.2, 0) is 4.79 Å². The van der Waals surface area contributed by atoms with Crippen LogP contribution >= 0.6 is 0 Å². The van der Waals surface area contributed by atoms with E-state index in [2.05, 4.69) is 5.32 Å². The first-order chi connectivity index (χ1) is 12.2. The van der Waals surface area contributed by atoms with Crippen molar-refractivity contribution in [1.82, 2.24) is 9.80 Å². The highest BCUT2D eigenvalue weighted by molar-refractivity contribution is 5.89. The molecule has 0 spiro atoms. The fourth-order valence-corrected chi connectivity index (χ4v) is 3.40. The predicted molar refractivity (Wildman–Crippen MR) is 96.8 cm³/mol. The van der Waals surface area contributed by atoms with Crippen molar-refractivity contribution in [2.24, 2.45) is 0 Å². The standard InChI is InChI=1S/C19H27N3O3/c1-2-18(23)21-11-13-22(14-12-21)19(24)20-15-7-9-17(10-8-15)25-16-5-3-4-6-16/h7-10,16H,2-6,11-14H2,1H3,(H,20,24). The van der Waals surface area contributed by atoms with Crippen molar-refractivity contribution in [1.29, 1.82) is 0 Å². The Kier molecular flexibility index (Phi) is 5.79. The quantitative estimate of drug-likeness (QED) is 0.912. The van der Waals surface area contributed by atoms with Gasteiger partial charge < -0.3 is 19.9 Å². The number of urea groups is 1. The maximum atomic E-state index is 12.4. The number of anilines is 1. The molecule has 1 aromatic rings. The largest absolute Gasteiger partial charge is 0.490 e. The number of piperazine rings is 1. The van der Waals surface area contributed by atoms with E-state index < -0.39 is 0 Å². The van der Waals surface area contributed by atoms with Gasteiger partial charge in [0.1, 0.15) is 5.75 Å². The van der Waals surface area contributed by atoms with Crippen LogP contribution in [0.3, 0.4) is 0 Å². The second-order valence-corrected chi connectivity index (χ2v) is 6.70. The molecular formula is C19H27N3O3. The van der Waals surface area contributed by atoms with E-state index in [0.717, 1.165) is 24.3 Å². The molecule has 1 saturated carbocycles. The van der Waals surface area contributed by atoms with Crippen LogP contribution in [0.1, 0.15) is 39.0 Å². The first-order valence-electron chi connectivity index (χ1n) is 9.26. The normalized spacial score (nSPS) is 18.3. The van der Waals surface area contributed by atoms with Crippen molar-refractivity contribution in [3.63, 3.8) is 0 Å². The predicted octanol–water partition coefficient (Wildman–Crippen LogP) is 3.09. The number of amides is 3. The highest BCUT2D eigenvalue weighted by Crippen LogP contribution is 2.25. The molecule has 0 unspecified atom stereocenters. The van der Waals surface area contributed by atoms with Crippen LogP contribution in [0.5, 0.6) is 5.75 Å². The Bertz CT molecular complexity index is 588. The maximum absolute atomic E-state index is 12.4. The van der Waals surface area contributed by atoms with E-state index in [9.17, 15) is 9.59 Å². The third-order valence-electron chi connectivity index (χ3n) is 4.93. The Labute approximate surface area is 149 Å². The number of carbonyl (C=O) groups is 2. The van der Waals surface area contributed by atoms with E-state index in [0.29, 0.717) is 38.7 Å². The van der Waals surface area contributed by atoms with Gasteiger partial charge in [-0.1, -0.05) is 6.92 Å². The third kappa shape index (κ3) is 4.65. The molecule has 2 aliphatic rings. The molecule has 25 heavy (non-hydrogen) atoms. The average molecular weight is 345 g/mol. The highest BCUT2D eigenvalue weighted by Gasteiger charge is 2.23. The summed E-state index contributed by atoms with van der Waals surface area (Å²) in [7, 11) is 0. The Hall–Kier alpha value is -2.24. The maximum Gasteiger partial charge on any atom is 0.321 e. The van der Waals surface area contributed by atoms with Crippen molar-refractivity contribution < 1.29 is 14.3 Å². The molecule has 2 fully saturated rings. The first-order valence-corrected chi connectivity index (χ1v) is 9.26. The third-order valence-corrected chi connectivity index (χ3v) is 4.93.